The molecule has 0 N–H and O–H groups in total. The summed E-state index contributed by atoms with van der Waals surface area (Å²) >= 11 is 1.71. The Morgan fingerprint density at radius 1 is 1.40 bits per heavy atom. The zero-order valence-corrected chi connectivity index (χ0v) is 13.2. The number of nitrogens with zero attached hydrogens (tertiary/aromatic N) is 2. The maximum Gasteiger partial charge on any atom is 0.211 e. The van der Waals surface area contributed by atoms with Gasteiger partial charge in [0, 0.05) is 38.6 Å². The third-order valence-corrected chi connectivity index (χ3v) is 6.02. The lowest BCUT2D eigenvalue weighted by Crippen LogP contribution is -2.36. The molecular weight excluding hydrogens is 296 g/mol. The molecule has 0 radical (unpaired) electrons. The van der Waals surface area contributed by atoms with Crippen LogP contribution in [0.3, 0.4) is 0 Å². The fraction of sp³-hybridized carbons (Fsp3) is 0.692. The van der Waals surface area contributed by atoms with Gasteiger partial charge in [-0.3, -0.25) is 4.90 Å². The van der Waals surface area contributed by atoms with Crippen LogP contribution in [0, 0.1) is 5.92 Å². The summed E-state index contributed by atoms with van der Waals surface area (Å²) in [6.07, 6.45) is 1.45. The van der Waals surface area contributed by atoms with E-state index in [2.05, 4.69) is 21.7 Å². The number of hydrogen-bond donors (Lipinski definition) is 0. The minimum atomic E-state index is -3.12. The van der Waals surface area contributed by atoms with Crippen molar-refractivity contribution in [3.8, 4) is 0 Å². The highest BCUT2D eigenvalue weighted by Crippen LogP contribution is 2.26. The number of hydrogen-bond acceptors (Lipinski definition) is 5. The van der Waals surface area contributed by atoms with Crippen LogP contribution >= 0.6 is 11.3 Å². The van der Waals surface area contributed by atoms with Gasteiger partial charge in [-0.15, -0.1) is 0 Å². The molecule has 0 bridgehead atoms. The lowest BCUT2D eigenvalue weighted by atomic mass is 10.1. The maximum atomic E-state index is 11.7. The molecule has 2 aliphatic rings. The van der Waals surface area contributed by atoms with Crippen molar-refractivity contribution in [3.63, 3.8) is 0 Å². The van der Waals surface area contributed by atoms with Gasteiger partial charge in [0.25, 0.3) is 0 Å². The van der Waals surface area contributed by atoms with E-state index in [0.29, 0.717) is 19.7 Å². The van der Waals surface area contributed by atoms with E-state index in [1.165, 1.54) is 11.8 Å². The molecule has 0 saturated carbocycles. The van der Waals surface area contributed by atoms with Crippen LogP contribution in [0.1, 0.15) is 5.56 Å². The smallest absolute Gasteiger partial charge is 0.211 e. The van der Waals surface area contributed by atoms with Crippen molar-refractivity contribution in [1.29, 1.82) is 0 Å². The fourth-order valence-corrected chi connectivity index (χ4v) is 4.55. The van der Waals surface area contributed by atoms with Crippen LogP contribution < -0.4 is 0 Å². The Morgan fingerprint density at radius 2 is 2.25 bits per heavy atom. The molecule has 112 valence electrons. The Bertz CT molecular complexity index is 544. The molecule has 0 unspecified atom stereocenters. The van der Waals surface area contributed by atoms with E-state index in [1.54, 1.807) is 15.6 Å². The van der Waals surface area contributed by atoms with Gasteiger partial charge in [-0.1, -0.05) is 0 Å². The molecule has 0 aromatic carbocycles. The van der Waals surface area contributed by atoms with Gasteiger partial charge in [-0.25, -0.2) is 8.42 Å². The summed E-state index contributed by atoms with van der Waals surface area (Å²) in [5.74, 6) is 0.283. The van der Waals surface area contributed by atoms with Crippen molar-refractivity contribution < 1.29 is 13.2 Å². The quantitative estimate of drug-likeness (QED) is 0.829. The summed E-state index contributed by atoms with van der Waals surface area (Å²) in [5.41, 5.74) is 1.33. The van der Waals surface area contributed by atoms with Crippen LogP contribution in [0.5, 0.6) is 0 Å². The van der Waals surface area contributed by atoms with E-state index < -0.39 is 10.0 Å². The monoisotopic (exact) mass is 316 g/mol. The molecule has 3 heterocycles. The first-order valence-electron chi connectivity index (χ1n) is 6.82. The molecule has 2 fully saturated rings. The van der Waals surface area contributed by atoms with Gasteiger partial charge in [-0.05, 0) is 22.4 Å². The van der Waals surface area contributed by atoms with Gasteiger partial charge < -0.3 is 4.74 Å². The topological polar surface area (TPSA) is 49.9 Å². The van der Waals surface area contributed by atoms with Crippen LogP contribution in [-0.2, 0) is 21.3 Å². The molecule has 0 amide bonds. The molecule has 0 spiro atoms. The molecule has 1 aromatic heterocycles. The number of likely N-dealkylation sites (tertiary alicyclic amines) is 1. The Kier molecular flexibility index (Phi) is 4.14. The second-order valence-corrected chi connectivity index (χ2v) is 8.38. The number of fused-ring (bicyclic) bond motifs is 1. The van der Waals surface area contributed by atoms with E-state index in [0.717, 1.165) is 19.6 Å². The normalized spacial score (nSPS) is 29.2. The predicted octanol–water partition coefficient (Wildman–Crippen LogP) is 0.840. The van der Waals surface area contributed by atoms with Crippen molar-refractivity contribution in [3.05, 3.63) is 22.4 Å². The van der Waals surface area contributed by atoms with Gasteiger partial charge in [0.15, 0.2) is 0 Å². The van der Waals surface area contributed by atoms with E-state index in [4.69, 9.17) is 4.74 Å². The number of rotatable bonds is 3. The Hall–Kier alpha value is -0.470. The van der Waals surface area contributed by atoms with Crippen LogP contribution in [0.4, 0.5) is 0 Å². The molecular formula is C13H20N2O3S2. The Balaban J connectivity index is 1.65. The van der Waals surface area contributed by atoms with Crippen LogP contribution in [0.2, 0.25) is 0 Å². The second kappa shape index (κ2) is 5.73. The number of sulfonamides is 1. The third kappa shape index (κ3) is 3.23. The lowest BCUT2D eigenvalue weighted by Gasteiger charge is -2.21. The van der Waals surface area contributed by atoms with Gasteiger partial charge >= 0.3 is 0 Å². The Morgan fingerprint density at radius 3 is 2.95 bits per heavy atom. The van der Waals surface area contributed by atoms with E-state index in [-0.39, 0.29) is 12.0 Å². The zero-order chi connectivity index (χ0) is 14.2. The number of ether oxygens (including phenoxy) is 1. The molecule has 2 atom stereocenters. The van der Waals surface area contributed by atoms with Gasteiger partial charge in [0.2, 0.25) is 10.0 Å². The molecule has 0 aliphatic carbocycles. The van der Waals surface area contributed by atoms with E-state index >= 15 is 0 Å². The van der Waals surface area contributed by atoms with Crippen LogP contribution in [-0.4, -0.2) is 62.8 Å². The largest absolute Gasteiger partial charge is 0.375 e. The Labute approximate surface area is 124 Å². The minimum Gasteiger partial charge on any atom is -0.375 e. The maximum absolute atomic E-state index is 11.7. The summed E-state index contributed by atoms with van der Waals surface area (Å²) in [6.45, 7) is 4.31. The average Bonchev–Trinajstić information content (AvgIpc) is 2.94. The molecule has 1 aromatic rings. The third-order valence-electron chi connectivity index (χ3n) is 4.02. The highest BCUT2D eigenvalue weighted by Gasteiger charge is 2.38. The summed E-state index contributed by atoms with van der Waals surface area (Å²) in [6, 6.07) is 2.14. The summed E-state index contributed by atoms with van der Waals surface area (Å²) < 4.78 is 30.9. The molecule has 20 heavy (non-hydrogen) atoms. The summed E-state index contributed by atoms with van der Waals surface area (Å²) in [4.78, 5) is 2.36. The van der Waals surface area contributed by atoms with Gasteiger partial charge in [0.05, 0.1) is 19.0 Å². The second-order valence-electron chi connectivity index (χ2n) is 5.62. The highest BCUT2D eigenvalue weighted by molar-refractivity contribution is 7.88. The first-order chi connectivity index (χ1) is 9.52. The van der Waals surface area contributed by atoms with Crippen molar-refractivity contribution in [2.24, 2.45) is 5.92 Å². The van der Waals surface area contributed by atoms with Gasteiger partial charge in [0.1, 0.15) is 0 Å². The van der Waals surface area contributed by atoms with E-state index in [9.17, 15) is 8.42 Å². The van der Waals surface area contributed by atoms with Crippen molar-refractivity contribution in [1.82, 2.24) is 9.21 Å². The van der Waals surface area contributed by atoms with Crippen molar-refractivity contribution in [2.45, 2.75) is 12.6 Å². The minimum absolute atomic E-state index is 0.167. The molecule has 3 rings (SSSR count). The molecule has 7 heteroatoms. The first-order valence-corrected chi connectivity index (χ1v) is 9.61. The first kappa shape index (κ1) is 14.5. The SMILES string of the molecule is CS(=O)(=O)N1CCO[C@@H]2CN(Cc3ccsc3)C[C@@H]2C1. The van der Waals surface area contributed by atoms with Crippen LogP contribution in [0.15, 0.2) is 16.8 Å². The standard InChI is InChI=1S/C13H20N2O3S2/c1-20(16,17)15-3-4-18-13-9-14(7-12(13)8-15)6-11-2-5-19-10-11/h2,5,10,12-13H,3-4,6-9H2,1H3/t12-,13-/m1/s1. The average molecular weight is 316 g/mol. The van der Waals surface area contributed by atoms with Crippen molar-refractivity contribution in [2.75, 3.05) is 39.0 Å². The van der Waals surface area contributed by atoms with Gasteiger partial charge in [-0.2, -0.15) is 15.6 Å². The fourth-order valence-electron chi connectivity index (χ4n) is 3.02. The summed E-state index contributed by atoms with van der Waals surface area (Å²) in [7, 11) is -3.12. The zero-order valence-electron chi connectivity index (χ0n) is 11.6. The molecule has 5 nitrogen and oxygen atoms in total. The highest BCUT2D eigenvalue weighted by atomic mass is 32.2. The molecule has 2 aliphatic heterocycles. The lowest BCUT2D eigenvalue weighted by molar-refractivity contribution is 0.0518. The number of thiophene rings is 1. The van der Waals surface area contributed by atoms with E-state index in [1.807, 2.05) is 0 Å². The predicted molar refractivity (Wildman–Crippen MR) is 79.2 cm³/mol. The van der Waals surface area contributed by atoms with Crippen LogP contribution in [0.25, 0.3) is 0 Å². The van der Waals surface area contributed by atoms with Crippen molar-refractivity contribution >= 4 is 21.4 Å². The molecule has 2 saturated heterocycles. The summed E-state index contributed by atoms with van der Waals surface area (Å²) in [5, 5.41) is 4.25.